The summed E-state index contributed by atoms with van der Waals surface area (Å²) in [6.45, 7) is 7.01. The highest BCUT2D eigenvalue weighted by Crippen LogP contribution is 2.43. The van der Waals surface area contributed by atoms with Crippen LogP contribution in [0.1, 0.15) is 59.3 Å². The Labute approximate surface area is 77.7 Å². The fourth-order valence-electron chi connectivity index (χ4n) is 2.65. The van der Waals surface area contributed by atoms with Gasteiger partial charge in [-0.1, -0.05) is 46.5 Å². The largest absolute Gasteiger partial charge is 0.0654 e. The van der Waals surface area contributed by atoms with Crippen LogP contribution in [0.4, 0.5) is 0 Å². The normalized spacial score (nSPS) is 31.2. The molecule has 0 heterocycles. The summed E-state index contributed by atoms with van der Waals surface area (Å²) in [5.41, 5.74) is 0. The van der Waals surface area contributed by atoms with Crippen molar-refractivity contribution >= 4 is 0 Å². The zero-order valence-electron chi connectivity index (χ0n) is 8.97. The molecule has 72 valence electrons. The van der Waals surface area contributed by atoms with Crippen LogP contribution in [0.5, 0.6) is 0 Å². The van der Waals surface area contributed by atoms with Crippen molar-refractivity contribution in [1.29, 1.82) is 0 Å². The molecule has 0 aliphatic heterocycles. The first-order chi connectivity index (χ1) is 5.81. The molecule has 0 bridgehead atoms. The average molecular weight is 168 g/mol. The molecule has 1 rings (SSSR count). The van der Waals surface area contributed by atoms with Crippen molar-refractivity contribution in [2.24, 2.45) is 17.8 Å². The molecular weight excluding hydrogens is 144 g/mol. The van der Waals surface area contributed by atoms with E-state index in [1.807, 2.05) is 0 Å². The Morgan fingerprint density at radius 3 is 2.25 bits per heavy atom. The van der Waals surface area contributed by atoms with Gasteiger partial charge in [0.05, 0.1) is 0 Å². The molecule has 1 aliphatic rings. The van der Waals surface area contributed by atoms with Crippen LogP contribution in [0.3, 0.4) is 0 Å². The third kappa shape index (κ3) is 2.24. The van der Waals surface area contributed by atoms with E-state index in [0.717, 1.165) is 17.8 Å². The SMILES string of the molecule is CCCC(CC)C1CC(CC)C1. The second-order valence-corrected chi connectivity index (χ2v) is 4.46. The second kappa shape index (κ2) is 4.89. The summed E-state index contributed by atoms with van der Waals surface area (Å²) < 4.78 is 0. The van der Waals surface area contributed by atoms with Gasteiger partial charge < -0.3 is 0 Å². The standard InChI is InChI=1S/C12H24/c1-4-7-11(6-3)12-8-10(5-2)9-12/h10-12H,4-9H2,1-3H3. The van der Waals surface area contributed by atoms with Crippen LogP contribution >= 0.6 is 0 Å². The lowest BCUT2D eigenvalue weighted by molar-refractivity contribution is 0.111. The molecule has 1 atom stereocenters. The van der Waals surface area contributed by atoms with Crippen molar-refractivity contribution in [1.82, 2.24) is 0 Å². The van der Waals surface area contributed by atoms with Crippen molar-refractivity contribution in [3.8, 4) is 0 Å². The molecule has 0 saturated heterocycles. The van der Waals surface area contributed by atoms with Gasteiger partial charge in [-0.3, -0.25) is 0 Å². The zero-order valence-corrected chi connectivity index (χ0v) is 8.97. The molecule has 1 saturated carbocycles. The molecule has 0 aromatic carbocycles. The quantitative estimate of drug-likeness (QED) is 0.575. The van der Waals surface area contributed by atoms with Crippen LogP contribution in [0.25, 0.3) is 0 Å². The molecule has 1 unspecified atom stereocenters. The van der Waals surface area contributed by atoms with E-state index in [1.165, 1.54) is 38.5 Å². The van der Waals surface area contributed by atoms with E-state index in [2.05, 4.69) is 20.8 Å². The summed E-state index contributed by atoms with van der Waals surface area (Å²) in [4.78, 5) is 0. The van der Waals surface area contributed by atoms with E-state index in [1.54, 1.807) is 0 Å². The van der Waals surface area contributed by atoms with Crippen molar-refractivity contribution < 1.29 is 0 Å². The summed E-state index contributed by atoms with van der Waals surface area (Å²) in [6.07, 6.45) is 8.75. The Bertz CT molecular complexity index is 111. The minimum absolute atomic E-state index is 1.05. The van der Waals surface area contributed by atoms with Crippen molar-refractivity contribution in [3.05, 3.63) is 0 Å². The van der Waals surface area contributed by atoms with E-state index < -0.39 is 0 Å². The second-order valence-electron chi connectivity index (χ2n) is 4.46. The van der Waals surface area contributed by atoms with Crippen LogP contribution < -0.4 is 0 Å². The minimum atomic E-state index is 1.05. The van der Waals surface area contributed by atoms with Gasteiger partial charge >= 0.3 is 0 Å². The Morgan fingerprint density at radius 1 is 1.17 bits per heavy atom. The molecule has 1 aliphatic carbocycles. The molecule has 0 heteroatoms. The van der Waals surface area contributed by atoms with Gasteiger partial charge in [0.25, 0.3) is 0 Å². The molecule has 0 aromatic rings. The lowest BCUT2D eigenvalue weighted by Crippen LogP contribution is -2.29. The van der Waals surface area contributed by atoms with E-state index in [-0.39, 0.29) is 0 Å². The topological polar surface area (TPSA) is 0 Å². The summed E-state index contributed by atoms with van der Waals surface area (Å²) >= 11 is 0. The van der Waals surface area contributed by atoms with E-state index in [9.17, 15) is 0 Å². The molecule has 0 spiro atoms. The van der Waals surface area contributed by atoms with Gasteiger partial charge in [0, 0.05) is 0 Å². The smallest absolute Gasteiger partial charge is 0.0381 e. The van der Waals surface area contributed by atoms with Crippen LogP contribution in [0.15, 0.2) is 0 Å². The summed E-state index contributed by atoms with van der Waals surface area (Å²) in [5.74, 6) is 3.23. The Balaban J connectivity index is 2.19. The lowest BCUT2D eigenvalue weighted by Gasteiger charge is -2.40. The maximum Gasteiger partial charge on any atom is -0.0381 e. The molecular formula is C12H24. The highest BCUT2D eigenvalue weighted by Gasteiger charge is 2.32. The van der Waals surface area contributed by atoms with Gasteiger partial charge in [-0.05, 0) is 30.6 Å². The summed E-state index contributed by atoms with van der Waals surface area (Å²) in [7, 11) is 0. The monoisotopic (exact) mass is 168 g/mol. The number of rotatable bonds is 5. The van der Waals surface area contributed by atoms with Gasteiger partial charge in [-0.15, -0.1) is 0 Å². The Hall–Kier alpha value is 0. The Morgan fingerprint density at radius 2 is 1.83 bits per heavy atom. The summed E-state index contributed by atoms with van der Waals surface area (Å²) in [5, 5.41) is 0. The van der Waals surface area contributed by atoms with Crippen LogP contribution in [-0.2, 0) is 0 Å². The van der Waals surface area contributed by atoms with Gasteiger partial charge in [-0.25, -0.2) is 0 Å². The number of hydrogen-bond acceptors (Lipinski definition) is 0. The van der Waals surface area contributed by atoms with Gasteiger partial charge in [0.2, 0.25) is 0 Å². The van der Waals surface area contributed by atoms with Gasteiger partial charge in [0.1, 0.15) is 0 Å². The molecule has 0 radical (unpaired) electrons. The zero-order chi connectivity index (χ0) is 8.97. The molecule has 0 N–H and O–H groups in total. The first-order valence-corrected chi connectivity index (χ1v) is 5.81. The fraction of sp³-hybridized carbons (Fsp3) is 1.00. The maximum absolute atomic E-state index is 2.36. The first-order valence-electron chi connectivity index (χ1n) is 5.81. The molecule has 1 fully saturated rings. The molecule has 0 amide bonds. The maximum atomic E-state index is 2.36. The highest BCUT2D eigenvalue weighted by molar-refractivity contribution is 4.83. The van der Waals surface area contributed by atoms with Crippen LogP contribution in [0.2, 0.25) is 0 Å². The molecule has 0 aromatic heterocycles. The third-order valence-corrected chi connectivity index (χ3v) is 3.70. The van der Waals surface area contributed by atoms with E-state index >= 15 is 0 Å². The molecule has 0 nitrogen and oxygen atoms in total. The molecule has 12 heavy (non-hydrogen) atoms. The minimum Gasteiger partial charge on any atom is -0.0654 e. The van der Waals surface area contributed by atoms with Crippen LogP contribution in [-0.4, -0.2) is 0 Å². The van der Waals surface area contributed by atoms with E-state index in [4.69, 9.17) is 0 Å². The van der Waals surface area contributed by atoms with Gasteiger partial charge in [0.15, 0.2) is 0 Å². The highest BCUT2D eigenvalue weighted by atomic mass is 14.4. The lowest BCUT2D eigenvalue weighted by atomic mass is 9.66. The van der Waals surface area contributed by atoms with E-state index in [0.29, 0.717) is 0 Å². The first kappa shape index (κ1) is 10.1. The predicted molar refractivity (Wildman–Crippen MR) is 55.2 cm³/mol. The van der Waals surface area contributed by atoms with Gasteiger partial charge in [-0.2, -0.15) is 0 Å². The van der Waals surface area contributed by atoms with Crippen molar-refractivity contribution in [2.75, 3.05) is 0 Å². The van der Waals surface area contributed by atoms with Crippen molar-refractivity contribution in [2.45, 2.75) is 59.3 Å². The van der Waals surface area contributed by atoms with Crippen LogP contribution in [0, 0.1) is 17.8 Å². The third-order valence-electron chi connectivity index (χ3n) is 3.70. The number of hydrogen-bond donors (Lipinski definition) is 0. The van der Waals surface area contributed by atoms with Crippen molar-refractivity contribution in [3.63, 3.8) is 0 Å². The Kier molecular flexibility index (Phi) is 4.11. The predicted octanol–water partition coefficient (Wildman–Crippen LogP) is 4.25. The fourth-order valence-corrected chi connectivity index (χ4v) is 2.65. The average Bonchev–Trinajstić information content (AvgIpc) is 2.01. The summed E-state index contributed by atoms with van der Waals surface area (Å²) in [6, 6.07) is 0.